The van der Waals surface area contributed by atoms with Gasteiger partial charge in [-0.3, -0.25) is 9.59 Å². The van der Waals surface area contributed by atoms with Gasteiger partial charge in [0, 0.05) is 5.56 Å². The molecule has 2 fully saturated rings. The molecule has 0 aliphatic carbocycles. The summed E-state index contributed by atoms with van der Waals surface area (Å²) >= 11 is 0. The highest BCUT2D eigenvalue weighted by molar-refractivity contribution is 6.46. The number of Topliss-reactive ketones (excluding diaryl/α,β-unsaturated/α-hetero) is 1. The quantitative estimate of drug-likeness (QED) is 0.397. The molecule has 2 heterocycles. The third-order valence-corrected chi connectivity index (χ3v) is 6.53. The van der Waals surface area contributed by atoms with Crippen molar-refractivity contribution in [3.63, 3.8) is 0 Å². The highest BCUT2D eigenvalue weighted by Crippen LogP contribution is 2.40. The number of benzene rings is 2. The number of aryl methyl sites for hydroxylation is 2. The number of methoxy groups -OCH3 is 1. The van der Waals surface area contributed by atoms with Gasteiger partial charge in [-0.25, -0.2) is 0 Å². The lowest BCUT2D eigenvalue weighted by Crippen LogP contribution is -3.14. The second-order valence-corrected chi connectivity index (χ2v) is 8.70. The molecule has 33 heavy (non-hydrogen) atoms. The van der Waals surface area contributed by atoms with E-state index in [2.05, 4.69) is 0 Å². The van der Waals surface area contributed by atoms with Gasteiger partial charge in [0.1, 0.15) is 24.6 Å². The second-order valence-electron chi connectivity index (χ2n) is 8.70. The zero-order valence-electron chi connectivity index (χ0n) is 19.4. The number of hydrogen-bond acceptors (Lipinski definition) is 5. The van der Waals surface area contributed by atoms with Crippen LogP contribution in [0.15, 0.2) is 48.0 Å². The highest BCUT2D eigenvalue weighted by Gasteiger charge is 2.46. The van der Waals surface area contributed by atoms with Gasteiger partial charge < -0.3 is 24.4 Å². The van der Waals surface area contributed by atoms with Gasteiger partial charge in [-0.2, -0.15) is 0 Å². The number of rotatable bonds is 6. The molecule has 7 heteroatoms. The predicted molar refractivity (Wildman–Crippen MR) is 124 cm³/mol. The number of nitrogens with zero attached hydrogens (tertiary/aromatic N) is 1. The number of carbonyl (C=O) groups excluding carboxylic acids is 2. The van der Waals surface area contributed by atoms with Crippen molar-refractivity contribution in [2.45, 2.75) is 19.9 Å². The topological polar surface area (TPSA) is 80.5 Å². The molecule has 0 radical (unpaired) electrons. The molecule has 1 atom stereocenters. The fourth-order valence-electron chi connectivity index (χ4n) is 4.57. The first-order valence-electron chi connectivity index (χ1n) is 11.3. The number of aliphatic hydroxyl groups is 1. The molecule has 174 valence electrons. The van der Waals surface area contributed by atoms with E-state index in [-0.39, 0.29) is 11.3 Å². The van der Waals surface area contributed by atoms with Crippen LogP contribution >= 0.6 is 0 Å². The van der Waals surface area contributed by atoms with Gasteiger partial charge in [0.2, 0.25) is 0 Å². The third kappa shape index (κ3) is 4.65. The molecule has 2 aromatic rings. The van der Waals surface area contributed by atoms with Gasteiger partial charge in [-0.15, -0.1) is 0 Å². The monoisotopic (exact) mass is 451 g/mol. The number of quaternary nitrogens is 1. The second kappa shape index (κ2) is 9.77. The molecular weight excluding hydrogens is 420 g/mol. The molecule has 0 spiro atoms. The van der Waals surface area contributed by atoms with Gasteiger partial charge in [0.15, 0.2) is 0 Å². The maximum atomic E-state index is 13.2. The van der Waals surface area contributed by atoms with E-state index in [1.165, 1.54) is 4.90 Å². The van der Waals surface area contributed by atoms with Crippen molar-refractivity contribution in [1.29, 1.82) is 0 Å². The number of carbonyl (C=O) groups is 2. The molecule has 2 N–H and O–H groups in total. The fourth-order valence-corrected chi connectivity index (χ4v) is 4.57. The predicted octanol–water partition coefficient (Wildman–Crippen LogP) is 1.65. The molecule has 2 aromatic carbocycles. The minimum absolute atomic E-state index is 0.133. The van der Waals surface area contributed by atoms with E-state index >= 15 is 0 Å². The van der Waals surface area contributed by atoms with Crippen LogP contribution in [-0.4, -0.2) is 68.2 Å². The molecule has 0 aromatic heterocycles. The Morgan fingerprint density at radius 3 is 2.45 bits per heavy atom. The van der Waals surface area contributed by atoms with Crippen molar-refractivity contribution >= 4 is 17.4 Å². The number of aliphatic hydroxyl groups excluding tert-OH is 1. The summed E-state index contributed by atoms with van der Waals surface area (Å²) in [5, 5.41) is 11.3. The first kappa shape index (κ1) is 23.0. The zero-order valence-corrected chi connectivity index (χ0v) is 19.4. The lowest BCUT2D eigenvalue weighted by Gasteiger charge is -2.29. The Morgan fingerprint density at radius 1 is 1.12 bits per heavy atom. The van der Waals surface area contributed by atoms with Gasteiger partial charge in [0.05, 0.1) is 45.0 Å². The van der Waals surface area contributed by atoms with Gasteiger partial charge in [-0.05, 0) is 43.2 Å². The molecule has 2 aliphatic heterocycles. The van der Waals surface area contributed by atoms with Crippen LogP contribution in [0.1, 0.15) is 28.3 Å². The van der Waals surface area contributed by atoms with Crippen LogP contribution in [0.2, 0.25) is 0 Å². The van der Waals surface area contributed by atoms with E-state index in [9.17, 15) is 14.7 Å². The number of nitrogens with one attached hydrogen (secondary N) is 1. The van der Waals surface area contributed by atoms with Crippen LogP contribution in [0.3, 0.4) is 0 Å². The number of amides is 1. The first-order valence-corrected chi connectivity index (χ1v) is 11.3. The Bertz CT molecular complexity index is 1070. The molecule has 0 saturated carbocycles. The smallest absolute Gasteiger partial charge is 0.295 e. The number of ether oxygens (including phenoxy) is 2. The standard InChI is InChI=1S/C26H30N2O5/c1-17-4-6-19(7-5-17)23-22(24(29)21-9-8-20(32-3)16-18(21)2)25(30)26(31)28(23)11-10-27-12-14-33-15-13-27/h4-9,16,23,29H,10-15H2,1-3H3/p+1. The first-order chi connectivity index (χ1) is 15.9. The number of likely N-dealkylation sites (tertiary alicyclic amines) is 1. The summed E-state index contributed by atoms with van der Waals surface area (Å²) in [5.74, 6) is -0.709. The van der Waals surface area contributed by atoms with Crippen LogP contribution in [0.5, 0.6) is 5.75 Å². The van der Waals surface area contributed by atoms with Crippen molar-refractivity contribution in [3.8, 4) is 5.75 Å². The Kier molecular flexibility index (Phi) is 6.81. The average molecular weight is 452 g/mol. The van der Waals surface area contributed by atoms with Gasteiger partial charge in [-0.1, -0.05) is 29.8 Å². The zero-order chi connectivity index (χ0) is 23.5. The summed E-state index contributed by atoms with van der Waals surface area (Å²) in [7, 11) is 1.58. The van der Waals surface area contributed by atoms with Crippen molar-refractivity contribution in [1.82, 2.24) is 4.90 Å². The summed E-state index contributed by atoms with van der Waals surface area (Å²) < 4.78 is 10.7. The Labute approximate surface area is 194 Å². The Morgan fingerprint density at radius 2 is 1.82 bits per heavy atom. The lowest BCUT2D eigenvalue weighted by molar-refractivity contribution is -0.907. The average Bonchev–Trinajstić information content (AvgIpc) is 3.08. The SMILES string of the molecule is COc1ccc(C(O)=C2C(=O)C(=O)N(CC[NH+]3CCOCC3)C2c2ccc(C)cc2)c(C)c1. The Hall–Kier alpha value is -3.16. The summed E-state index contributed by atoms with van der Waals surface area (Å²) in [6.07, 6.45) is 0. The minimum Gasteiger partial charge on any atom is -0.507 e. The van der Waals surface area contributed by atoms with E-state index in [1.807, 2.05) is 38.1 Å². The van der Waals surface area contributed by atoms with E-state index in [4.69, 9.17) is 9.47 Å². The maximum Gasteiger partial charge on any atom is 0.295 e. The fraction of sp³-hybridized carbons (Fsp3) is 0.385. The summed E-state index contributed by atoms with van der Waals surface area (Å²) in [6, 6.07) is 12.4. The van der Waals surface area contributed by atoms with E-state index in [0.29, 0.717) is 31.1 Å². The van der Waals surface area contributed by atoms with Crippen LogP contribution < -0.4 is 9.64 Å². The van der Waals surface area contributed by atoms with Gasteiger partial charge >= 0.3 is 0 Å². The summed E-state index contributed by atoms with van der Waals surface area (Å²) in [6.45, 7) is 8.14. The third-order valence-electron chi connectivity index (χ3n) is 6.53. The van der Waals surface area contributed by atoms with Crippen molar-refractivity contribution < 1.29 is 29.1 Å². The van der Waals surface area contributed by atoms with Crippen molar-refractivity contribution in [3.05, 3.63) is 70.3 Å². The van der Waals surface area contributed by atoms with Crippen molar-refractivity contribution in [2.75, 3.05) is 46.5 Å². The molecule has 0 bridgehead atoms. The highest BCUT2D eigenvalue weighted by atomic mass is 16.5. The maximum absolute atomic E-state index is 13.2. The molecule has 1 unspecified atom stereocenters. The molecule has 4 rings (SSSR count). The number of ketones is 1. The number of morpholine rings is 1. The molecular formula is C26H31N2O5+. The molecule has 1 amide bonds. The Balaban J connectivity index is 1.75. The van der Waals surface area contributed by atoms with E-state index < -0.39 is 17.7 Å². The van der Waals surface area contributed by atoms with Crippen LogP contribution in [0, 0.1) is 13.8 Å². The summed E-state index contributed by atoms with van der Waals surface area (Å²) in [4.78, 5) is 29.3. The van der Waals surface area contributed by atoms with Crippen LogP contribution in [-0.2, 0) is 14.3 Å². The number of hydrogen-bond donors (Lipinski definition) is 2. The van der Waals surface area contributed by atoms with E-state index in [1.54, 1.807) is 30.2 Å². The molecule has 7 nitrogen and oxygen atoms in total. The minimum atomic E-state index is -0.648. The van der Waals surface area contributed by atoms with E-state index in [0.717, 1.165) is 36.3 Å². The van der Waals surface area contributed by atoms with Crippen LogP contribution in [0.25, 0.3) is 5.76 Å². The molecule has 2 saturated heterocycles. The van der Waals surface area contributed by atoms with Crippen LogP contribution in [0.4, 0.5) is 0 Å². The molecule has 2 aliphatic rings. The largest absolute Gasteiger partial charge is 0.507 e. The van der Waals surface area contributed by atoms with Gasteiger partial charge in [0.25, 0.3) is 11.7 Å². The normalized spacial score (nSPS) is 20.9. The lowest BCUT2D eigenvalue weighted by atomic mass is 9.93. The summed E-state index contributed by atoms with van der Waals surface area (Å²) in [5.41, 5.74) is 3.31. The van der Waals surface area contributed by atoms with Crippen molar-refractivity contribution in [2.24, 2.45) is 0 Å².